The first-order valence-corrected chi connectivity index (χ1v) is 8.74. The molecule has 1 atom stereocenters. The fourth-order valence-electron chi connectivity index (χ4n) is 2.55. The third-order valence-electron chi connectivity index (χ3n) is 3.78. The lowest BCUT2D eigenvalue weighted by Gasteiger charge is -2.10. The average molecular weight is 331 g/mol. The molecule has 0 saturated carbocycles. The maximum atomic E-state index is 12.2. The number of rotatable bonds is 7. The Kier molecular flexibility index (Phi) is 5.41. The maximum absolute atomic E-state index is 12.2. The Labute approximate surface area is 140 Å². The SMILES string of the molecule is Cc1ccc2c(c1)S[C@H](C(=O)NCCCOCc1ccco1)C2. The maximum Gasteiger partial charge on any atom is 0.233 e. The van der Waals surface area contributed by atoms with Crippen molar-refractivity contribution < 1.29 is 13.9 Å². The highest BCUT2D eigenvalue weighted by atomic mass is 32.2. The zero-order valence-electron chi connectivity index (χ0n) is 13.2. The van der Waals surface area contributed by atoms with Crippen molar-refractivity contribution in [1.29, 1.82) is 0 Å². The van der Waals surface area contributed by atoms with Gasteiger partial charge in [0, 0.05) is 18.0 Å². The predicted molar refractivity (Wildman–Crippen MR) is 90.5 cm³/mol. The van der Waals surface area contributed by atoms with Crippen LogP contribution in [0.1, 0.15) is 23.3 Å². The molecule has 0 aliphatic carbocycles. The van der Waals surface area contributed by atoms with Gasteiger partial charge in [-0.2, -0.15) is 0 Å². The topological polar surface area (TPSA) is 51.5 Å². The molecule has 1 aliphatic heterocycles. The third kappa shape index (κ3) is 4.39. The molecule has 1 aromatic heterocycles. The molecule has 2 heterocycles. The molecule has 4 nitrogen and oxygen atoms in total. The van der Waals surface area contributed by atoms with Crippen LogP contribution < -0.4 is 5.32 Å². The zero-order chi connectivity index (χ0) is 16.1. The second-order valence-electron chi connectivity index (χ2n) is 5.70. The number of amides is 1. The van der Waals surface area contributed by atoms with E-state index in [1.165, 1.54) is 16.0 Å². The molecule has 1 N–H and O–H groups in total. The summed E-state index contributed by atoms with van der Waals surface area (Å²) >= 11 is 1.67. The van der Waals surface area contributed by atoms with Crippen LogP contribution in [0.2, 0.25) is 0 Å². The van der Waals surface area contributed by atoms with Crippen LogP contribution >= 0.6 is 11.8 Å². The van der Waals surface area contributed by atoms with E-state index in [0.717, 1.165) is 18.6 Å². The number of ether oxygens (including phenoxy) is 1. The van der Waals surface area contributed by atoms with Crippen LogP contribution in [0.3, 0.4) is 0 Å². The first-order valence-electron chi connectivity index (χ1n) is 7.86. The number of carbonyl (C=O) groups excluding carboxylic acids is 1. The Morgan fingerprint density at radius 1 is 1.43 bits per heavy atom. The van der Waals surface area contributed by atoms with Gasteiger partial charge in [-0.25, -0.2) is 0 Å². The van der Waals surface area contributed by atoms with Gasteiger partial charge in [0.2, 0.25) is 5.91 Å². The van der Waals surface area contributed by atoms with E-state index < -0.39 is 0 Å². The summed E-state index contributed by atoms with van der Waals surface area (Å²) in [6, 6.07) is 10.1. The molecule has 1 aliphatic rings. The van der Waals surface area contributed by atoms with Crippen molar-refractivity contribution in [2.45, 2.75) is 36.5 Å². The summed E-state index contributed by atoms with van der Waals surface area (Å²) < 4.78 is 10.7. The first kappa shape index (κ1) is 16.1. The van der Waals surface area contributed by atoms with Gasteiger partial charge in [0.25, 0.3) is 0 Å². The largest absolute Gasteiger partial charge is 0.467 e. The second kappa shape index (κ2) is 7.70. The van der Waals surface area contributed by atoms with Gasteiger partial charge in [-0.1, -0.05) is 17.7 Å². The Bertz CT molecular complexity index is 654. The van der Waals surface area contributed by atoms with E-state index in [1.54, 1.807) is 18.0 Å². The quantitative estimate of drug-likeness (QED) is 0.791. The number of carbonyl (C=O) groups is 1. The van der Waals surface area contributed by atoms with Crippen LogP contribution in [-0.2, 0) is 22.6 Å². The fourth-order valence-corrected chi connectivity index (χ4v) is 3.86. The van der Waals surface area contributed by atoms with Gasteiger partial charge < -0.3 is 14.5 Å². The number of hydrogen-bond donors (Lipinski definition) is 1. The minimum atomic E-state index is -0.00385. The number of nitrogens with one attached hydrogen (secondary N) is 1. The summed E-state index contributed by atoms with van der Waals surface area (Å²) in [4.78, 5) is 13.5. The van der Waals surface area contributed by atoms with Gasteiger partial charge in [0.1, 0.15) is 12.4 Å². The molecule has 0 saturated heterocycles. The van der Waals surface area contributed by atoms with Crippen LogP contribution in [0.5, 0.6) is 0 Å². The lowest BCUT2D eigenvalue weighted by Crippen LogP contribution is -2.33. The summed E-state index contributed by atoms with van der Waals surface area (Å²) in [5.41, 5.74) is 2.52. The summed E-state index contributed by atoms with van der Waals surface area (Å²) in [7, 11) is 0. The van der Waals surface area contributed by atoms with Gasteiger partial charge >= 0.3 is 0 Å². The van der Waals surface area contributed by atoms with E-state index in [9.17, 15) is 4.79 Å². The summed E-state index contributed by atoms with van der Waals surface area (Å²) in [5.74, 6) is 0.944. The average Bonchev–Trinajstić information content (AvgIpc) is 3.19. The van der Waals surface area contributed by atoms with Crippen LogP contribution in [0.25, 0.3) is 0 Å². The molecule has 23 heavy (non-hydrogen) atoms. The van der Waals surface area contributed by atoms with Crippen molar-refractivity contribution in [2.75, 3.05) is 13.2 Å². The molecule has 122 valence electrons. The Hall–Kier alpha value is -1.72. The molecule has 5 heteroatoms. The van der Waals surface area contributed by atoms with Gasteiger partial charge in [0.05, 0.1) is 11.5 Å². The van der Waals surface area contributed by atoms with Gasteiger partial charge in [-0.3, -0.25) is 4.79 Å². The highest BCUT2D eigenvalue weighted by Crippen LogP contribution is 2.37. The van der Waals surface area contributed by atoms with Crippen molar-refractivity contribution in [2.24, 2.45) is 0 Å². The molecule has 3 rings (SSSR count). The highest BCUT2D eigenvalue weighted by molar-refractivity contribution is 8.01. The molecule has 0 radical (unpaired) electrons. The molecule has 1 amide bonds. The van der Waals surface area contributed by atoms with Crippen LogP contribution in [0.4, 0.5) is 0 Å². The van der Waals surface area contributed by atoms with Crippen molar-refractivity contribution in [3.8, 4) is 0 Å². The molecule has 0 spiro atoms. The monoisotopic (exact) mass is 331 g/mol. The van der Waals surface area contributed by atoms with Gasteiger partial charge in [-0.05, 0) is 43.5 Å². The zero-order valence-corrected chi connectivity index (χ0v) is 14.0. The molecular formula is C18H21NO3S. The molecule has 0 fully saturated rings. The third-order valence-corrected chi connectivity index (χ3v) is 5.08. The molecular weight excluding hydrogens is 310 g/mol. The number of hydrogen-bond acceptors (Lipinski definition) is 4. The fraction of sp³-hybridized carbons (Fsp3) is 0.389. The van der Waals surface area contributed by atoms with E-state index in [2.05, 4.69) is 30.4 Å². The standard InChI is InChI=1S/C18H21NO3S/c1-13-5-6-14-11-17(23-16(14)10-13)18(20)19-7-3-8-21-12-15-4-2-9-22-15/h2,4-6,9-10,17H,3,7-8,11-12H2,1H3,(H,19,20)/t17-/m0/s1. The molecule has 0 bridgehead atoms. The van der Waals surface area contributed by atoms with Crippen molar-refractivity contribution >= 4 is 17.7 Å². The van der Waals surface area contributed by atoms with E-state index in [4.69, 9.17) is 9.15 Å². The van der Waals surface area contributed by atoms with Crippen LogP contribution in [-0.4, -0.2) is 24.3 Å². The second-order valence-corrected chi connectivity index (χ2v) is 6.94. The van der Waals surface area contributed by atoms with Gasteiger partial charge in [-0.15, -0.1) is 11.8 Å². The number of thioether (sulfide) groups is 1. The molecule has 2 aromatic rings. The summed E-state index contributed by atoms with van der Waals surface area (Å²) in [6.45, 7) is 3.81. The van der Waals surface area contributed by atoms with E-state index in [1.807, 2.05) is 12.1 Å². The van der Waals surface area contributed by atoms with Gasteiger partial charge in [0.15, 0.2) is 0 Å². The Balaban J connectivity index is 1.33. The predicted octanol–water partition coefficient (Wildman–Crippen LogP) is 3.33. The summed E-state index contributed by atoms with van der Waals surface area (Å²) in [6.07, 6.45) is 3.26. The number of aryl methyl sites for hydroxylation is 1. The Morgan fingerprint density at radius 3 is 3.17 bits per heavy atom. The minimum Gasteiger partial charge on any atom is -0.467 e. The number of fused-ring (bicyclic) bond motifs is 1. The smallest absolute Gasteiger partial charge is 0.233 e. The lowest BCUT2D eigenvalue weighted by atomic mass is 10.1. The summed E-state index contributed by atoms with van der Waals surface area (Å²) in [5, 5.41) is 3.00. The van der Waals surface area contributed by atoms with E-state index in [-0.39, 0.29) is 11.2 Å². The number of furan rings is 1. The normalized spacial score (nSPS) is 16.3. The molecule has 1 aromatic carbocycles. The first-order chi connectivity index (χ1) is 11.2. The number of benzene rings is 1. The van der Waals surface area contributed by atoms with E-state index >= 15 is 0 Å². The van der Waals surface area contributed by atoms with Crippen molar-refractivity contribution in [3.05, 3.63) is 53.5 Å². The van der Waals surface area contributed by atoms with Crippen molar-refractivity contribution in [1.82, 2.24) is 5.32 Å². The lowest BCUT2D eigenvalue weighted by molar-refractivity contribution is -0.120. The van der Waals surface area contributed by atoms with Crippen molar-refractivity contribution in [3.63, 3.8) is 0 Å². The van der Waals surface area contributed by atoms with Crippen LogP contribution in [0, 0.1) is 6.92 Å². The van der Waals surface area contributed by atoms with Crippen LogP contribution in [0.15, 0.2) is 45.9 Å². The Morgan fingerprint density at radius 2 is 2.35 bits per heavy atom. The minimum absolute atomic E-state index is 0.00385. The molecule has 0 unspecified atom stereocenters. The highest BCUT2D eigenvalue weighted by Gasteiger charge is 2.27. The van der Waals surface area contributed by atoms with E-state index in [0.29, 0.717) is 19.8 Å².